The number of carbonyl (C=O) groups is 1. The molecule has 3 aromatic rings. The third kappa shape index (κ3) is 4.26. The van der Waals surface area contributed by atoms with Gasteiger partial charge in [0.15, 0.2) is 0 Å². The lowest BCUT2D eigenvalue weighted by molar-refractivity contribution is 0.0946. The first-order valence-electron chi connectivity index (χ1n) is 9.90. The number of nitrogens with zero attached hydrogens (tertiary/aromatic N) is 1. The van der Waals surface area contributed by atoms with Gasteiger partial charge in [-0.15, -0.1) is 0 Å². The molecule has 5 nitrogen and oxygen atoms in total. The van der Waals surface area contributed by atoms with Crippen molar-refractivity contribution < 1.29 is 9.53 Å². The van der Waals surface area contributed by atoms with Crippen LogP contribution in [0.5, 0.6) is 0 Å². The zero-order valence-electron chi connectivity index (χ0n) is 16.3. The van der Waals surface area contributed by atoms with Gasteiger partial charge in [-0.1, -0.05) is 18.2 Å². The van der Waals surface area contributed by atoms with Crippen LogP contribution in [-0.4, -0.2) is 55.7 Å². The molecule has 1 amide bonds. The Morgan fingerprint density at radius 3 is 3.00 bits per heavy atom. The van der Waals surface area contributed by atoms with E-state index in [0.29, 0.717) is 11.5 Å². The molecule has 0 aliphatic carbocycles. The Kier molecular flexibility index (Phi) is 5.74. The highest BCUT2D eigenvalue weighted by atomic mass is 16.5. The average Bonchev–Trinajstić information content (AvgIpc) is 3.39. The van der Waals surface area contributed by atoms with Crippen LogP contribution in [0.25, 0.3) is 22.0 Å². The van der Waals surface area contributed by atoms with Crippen LogP contribution in [0.4, 0.5) is 0 Å². The zero-order chi connectivity index (χ0) is 19.3. The van der Waals surface area contributed by atoms with Crippen LogP contribution in [-0.2, 0) is 4.74 Å². The van der Waals surface area contributed by atoms with Crippen LogP contribution >= 0.6 is 0 Å². The highest BCUT2D eigenvalue weighted by molar-refractivity contribution is 5.96. The van der Waals surface area contributed by atoms with Gasteiger partial charge in [0.1, 0.15) is 0 Å². The van der Waals surface area contributed by atoms with E-state index in [1.54, 1.807) is 7.11 Å². The van der Waals surface area contributed by atoms with E-state index in [2.05, 4.69) is 45.5 Å². The maximum absolute atomic E-state index is 12.7. The smallest absolute Gasteiger partial charge is 0.251 e. The SMILES string of the molecule is COCCN1CCC(CNC(=O)c2cccc(-c3ccc4[nH]ccc4c3)c2)C1. The molecule has 2 heterocycles. The Morgan fingerprint density at radius 1 is 1.21 bits per heavy atom. The number of aromatic amines is 1. The molecule has 1 aromatic heterocycles. The van der Waals surface area contributed by atoms with Crippen LogP contribution in [0.2, 0.25) is 0 Å². The zero-order valence-corrected chi connectivity index (χ0v) is 16.3. The van der Waals surface area contributed by atoms with Gasteiger partial charge in [-0.25, -0.2) is 0 Å². The van der Waals surface area contributed by atoms with E-state index in [9.17, 15) is 4.79 Å². The minimum Gasteiger partial charge on any atom is -0.383 e. The first kappa shape index (κ1) is 18.7. The maximum atomic E-state index is 12.7. The summed E-state index contributed by atoms with van der Waals surface area (Å²) in [5.41, 5.74) is 4.00. The molecule has 0 saturated carbocycles. The number of ether oxygens (including phenoxy) is 1. The summed E-state index contributed by atoms with van der Waals surface area (Å²) in [6.07, 6.45) is 3.07. The van der Waals surface area contributed by atoms with Crippen molar-refractivity contribution in [1.29, 1.82) is 0 Å². The second kappa shape index (κ2) is 8.59. The molecule has 1 unspecified atom stereocenters. The number of methoxy groups -OCH3 is 1. The van der Waals surface area contributed by atoms with Crippen LogP contribution in [0.3, 0.4) is 0 Å². The van der Waals surface area contributed by atoms with Crippen LogP contribution in [0.1, 0.15) is 16.8 Å². The first-order chi connectivity index (χ1) is 13.7. The van der Waals surface area contributed by atoms with Gasteiger partial charge in [-0.05, 0) is 65.7 Å². The number of hydrogen-bond acceptors (Lipinski definition) is 3. The molecule has 0 radical (unpaired) electrons. The number of carbonyl (C=O) groups excluding carboxylic acids is 1. The summed E-state index contributed by atoms with van der Waals surface area (Å²) in [4.78, 5) is 18.3. The Bertz CT molecular complexity index is 950. The number of hydrogen-bond donors (Lipinski definition) is 2. The summed E-state index contributed by atoms with van der Waals surface area (Å²) in [7, 11) is 1.73. The molecule has 1 fully saturated rings. The molecule has 1 aliphatic heterocycles. The van der Waals surface area contributed by atoms with Crippen LogP contribution in [0.15, 0.2) is 54.7 Å². The number of benzene rings is 2. The lowest BCUT2D eigenvalue weighted by atomic mass is 10.0. The Morgan fingerprint density at radius 2 is 2.11 bits per heavy atom. The van der Waals surface area contributed by atoms with E-state index in [-0.39, 0.29) is 5.91 Å². The third-order valence-corrected chi connectivity index (χ3v) is 5.54. The van der Waals surface area contributed by atoms with Crippen molar-refractivity contribution in [3.63, 3.8) is 0 Å². The quantitative estimate of drug-likeness (QED) is 0.662. The summed E-state index contributed by atoms with van der Waals surface area (Å²) < 4.78 is 5.15. The van der Waals surface area contributed by atoms with E-state index in [1.807, 2.05) is 24.4 Å². The van der Waals surface area contributed by atoms with E-state index in [4.69, 9.17) is 4.74 Å². The summed E-state index contributed by atoms with van der Waals surface area (Å²) in [6.45, 7) is 4.57. The molecule has 1 atom stereocenters. The molecule has 4 rings (SSSR count). The number of H-pyrrole nitrogens is 1. The van der Waals surface area contributed by atoms with Gasteiger partial charge < -0.3 is 19.9 Å². The number of likely N-dealkylation sites (tertiary alicyclic amines) is 1. The van der Waals surface area contributed by atoms with Crippen molar-refractivity contribution in [2.75, 3.05) is 39.9 Å². The minimum absolute atomic E-state index is 0.0000796. The van der Waals surface area contributed by atoms with Crippen LogP contribution in [0, 0.1) is 5.92 Å². The van der Waals surface area contributed by atoms with Crippen molar-refractivity contribution in [2.24, 2.45) is 5.92 Å². The van der Waals surface area contributed by atoms with E-state index in [1.165, 1.54) is 5.39 Å². The topological polar surface area (TPSA) is 57.4 Å². The van der Waals surface area contributed by atoms with Gasteiger partial charge in [-0.3, -0.25) is 4.79 Å². The van der Waals surface area contributed by atoms with Gasteiger partial charge in [0.2, 0.25) is 0 Å². The Balaban J connectivity index is 1.38. The fraction of sp³-hybridized carbons (Fsp3) is 0.348. The number of aromatic nitrogens is 1. The molecule has 28 heavy (non-hydrogen) atoms. The van der Waals surface area contributed by atoms with Gasteiger partial charge in [0, 0.05) is 44.0 Å². The number of fused-ring (bicyclic) bond motifs is 1. The second-order valence-electron chi connectivity index (χ2n) is 7.52. The van der Waals surface area contributed by atoms with Crippen molar-refractivity contribution >= 4 is 16.8 Å². The maximum Gasteiger partial charge on any atom is 0.251 e. The van der Waals surface area contributed by atoms with Crippen LogP contribution < -0.4 is 5.32 Å². The summed E-state index contributed by atoms with van der Waals surface area (Å²) in [6, 6.07) is 16.2. The predicted octanol–water partition coefficient (Wildman–Crippen LogP) is 3.53. The molecule has 0 spiro atoms. The van der Waals surface area contributed by atoms with Crippen molar-refractivity contribution in [1.82, 2.24) is 15.2 Å². The fourth-order valence-corrected chi connectivity index (χ4v) is 3.91. The third-order valence-electron chi connectivity index (χ3n) is 5.54. The first-order valence-corrected chi connectivity index (χ1v) is 9.90. The monoisotopic (exact) mass is 377 g/mol. The lowest BCUT2D eigenvalue weighted by Gasteiger charge is -2.15. The molecular weight excluding hydrogens is 350 g/mol. The normalized spacial score (nSPS) is 17.2. The number of amides is 1. The summed E-state index contributed by atoms with van der Waals surface area (Å²) >= 11 is 0. The highest BCUT2D eigenvalue weighted by Gasteiger charge is 2.22. The van der Waals surface area contributed by atoms with Gasteiger partial charge in [0.05, 0.1) is 6.61 Å². The Hall–Kier alpha value is -2.63. The van der Waals surface area contributed by atoms with Gasteiger partial charge in [0.25, 0.3) is 5.91 Å². The lowest BCUT2D eigenvalue weighted by Crippen LogP contribution is -2.31. The molecule has 0 bridgehead atoms. The summed E-state index contributed by atoms with van der Waals surface area (Å²) in [5, 5.41) is 4.29. The summed E-state index contributed by atoms with van der Waals surface area (Å²) in [5.74, 6) is 0.514. The molecule has 1 aliphatic rings. The van der Waals surface area contributed by atoms with Crippen molar-refractivity contribution in [3.05, 3.63) is 60.3 Å². The minimum atomic E-state index is -0.0000796. The fourth-order valence-electron chi connectivity index (χ4n) is 3.91. The van der Waals surface area contributed by atoms with Gasteiger partial charge >= 0.3 is 0 Å². The second-order valence-corrected chi connectivity index (χ2v) is 7.52. The van der Waals surface area contributed by atoms with Crippen molar-refractivity contribution in [3.8, 4) is 11.1 Å². The average molecular weight is 377 g/mol. The van der Waals surface area contributed by atoms with E-state index >= 15 is 0 Å². The molecule has 5 heteroatoms. The van der Waals surface area contributed by atoms with Crippen molar-refractivity contribution in [2.45, 2.75) is 6.42 Å². The van der Waals surface area contributed by atoms with Gasteiger partial charge in [-0.2, -0.15) is 0 Å². The Labute approximate surface area is 165 Å². The standard InChI is InChI=1S/C23H27N3O2/c1-28-12-11-26-10-8-17(16-26)15-25-23(27)21-4-2-3-18(14-21)19-5-6-22-20(13-19)7-9-24-22/h2-7,9,13-14,17,24H,8,10-12,15-16H2,1H3,(H,25,27). The molecule has 2 aromatic carbocycles. The highest BCUT2D eigenvalue weighted by Crippen LogP contribution is 2.25. The number of nitrogens with one attached hydrogen (secondary N) is 2. The predicted molar refractivity (Wildman–Crippen MR) is 112 cm³/mol. The molecule has 1 saturated heterocycles. The largest absolute Gasteiger partial charge is 0.383 e. The van der Waals surface area contributed by atoms with E-state index in [0.717, 1.165) is 55.9 Å². The molecule has 2 N–H and O–H groups in total. The molecular formula is C23H27N3O2. The number of rotatable bonds is 7. The molecule has 146 valence electrons. The van der Waals surface area contributed by atoms with E-state index < -0.39 is 0 Å².